The topological polar surface area (TPSA) is 27.1 Å². The summed E-state index contributed by atoms with van der Waals surface area (Å²) in [4.78, 5) is 0. The molecule has 0 spiro atoms. The van der Waals surface area contributed by atoms with Crippen LogP contribution in [0.3, 0.4) is 0 Å². The van der Waals surface area contributed by atoms with Crippen molar-refractivity contribution >= 4 is 0 Å². The van der Waals surface area contributed by atoms with Gasteiger partial charge in [0, 0.05) is 6.07 Å². The van der Waals surface area contributed by atoms with Crippen molar-refractivity contribution in [2.45, 2.75) is 91.0 Å². The van der Waals surface area contributed by atoms with Crippen LogP contribution in [0.15, 0.2) is 6.07 Å². The first-order valence-corrected chi connectivity index (χ1v) is 8.68. The molecule has 1 rings (SSSR count). The minimum Gasteiger partial charge on any atom is -0.481 e. The fourth-order valence-electron chi connectivity index (χ4n) is 3.01. The molecule has 0 saturated carbocycles. The first-order valence-electron chi connectivity index (χ1n) is 8.68. The van der Waals surface area contributed by atoms with Gasteiger partial charge in [-0.1, -0.05) is 58.8 Å². The third-order valence-corrected chi connectivity index (χ3v) is 4.41. The molecule has 0 amide bonds. The molecule has 0 fully saturated rings. The molecule has 1 unspecified atom stereocenters. The molecule has 0 bridgehead atoms. The smallest absolute Gasteiger partial charge is 0.212 e. The number of hydrogen-bond acceptors (Lipinski definition) is 2. The van der Waals surface area contributed by atoms with Gasteiger partial charge < -0.3 is 4.74 Å². The summed E-state index contributed by atoms with van der Waals surface area (Å²) in [5.74, 6) is 0.902. The van der Waals surface area contributed by atoms with Crippen molar-refractivity contribution in [3.63, 3.8) is 0 Å². The second-order valence-electron chi connectivity index (χ2n) is 6.50. The summed E-state index contributed by atoms with van der Waals surface area (Å²) in [6, 6.07) is 2.04. The van der Waals surface area contributed by atoms with Crippen LogP contribution in [0.5, 0.6) is 5.88 Å². The van der Waals surface area contributed by atoms with Crippen LogP contribution in [0.4, 0.5) is 0 Å². The SMILES string of the molecule is CCCCCCCC(C)(CCCC)n1nc(C)cc1OC. The third kappa shape index (κ3) is 5.37. The van der Waals surface area contributed by atoms with Gasteiger partial charge in [-0.3, -0.25) is 0 Å². The number of ether oxygens (including phenoxy) is 1. The second kappa shape index (κ2) is 9.11. The average molecular weight is 294 g/mol. The molecular weight excluding hydrogens is 260 g/mol. The number of nitrogens with zero attached hydrogens (tertiary/aromatic N) is 2. The molecule has 0 radical (unpaired) electrons. The average Bonchev–Trinajstić information content (AvgIpc) is 2.87. The summed E-state index contributed by atoms with van der Waals surface area (Å²) in [7, 11) is 1.74. The highest BCUT2D eigenvalue weighted by molar-refractivity contribution is 5.17. The summed E-state index contributed by atoms with van der Waals surface area (Å²) in [6.07, 6.45) is 11.5. The summed E-state index contributed by atoms with van der Waals surface area (Å²) in [5, 5.41) is 4.71. The van der Waals surface area contributed by atoms with Gasteiger partial charge in [-0.2, -0.15) is 5.10 Å². The van der Waals surface area contributed by atoms with Crippen LogP contribution in [0.25, 0.3) is 0 Å². The summed E-state index contributed by atoms with van der Waals surface area (Å²) in [6.45, 7) is 8.91. The van der Waals surface area contributed by atoms with E-state index in [-0.39, 0.29) is 5.54 Å². The minimum atomic E-state index is 0.0851. The van der Waals surface area contributed by atoms with Gasteiger partial charge in [-0.25, -0.2) is 4.68 Å². The highest BCUT2D eigenvalue weighted by Gasteiger charge is 2.29. The Morgan fingerprint density at radius 1 is 1.05 bits per heavy atom. The lowest BCUT2D eigenvalue weighted by atomic mass is 9.88. The fraction of sp³-hybridized carbons (Fsp3) is 0.833. The van der Waals surface area contributed by atoms with E-state index in [1.807, 2.05) is 13.0 Å². The Morgan fingerprint density at radius 3 is 2.29 bits per heavy atom. The Kier molecular flexibility index (Phi) is 7.84. The van der Waals surface area contributed by atoms with Gasteiger partial charge in [-0.15, -0.1) is 0 Å². The molecule has 1 heterocycles. The predicted octanol–water partition coefficient (Wildman–Crippen LogP) is 5.47. The molecule has 1 atom stereocenters. The summed E-state index contributed by atoms with van der Waals surface area (Å²) >= 11 is 0. The highest BCUT2D eigenvalue weighted by Crippen LogP contribution is 2.33. The molecule has 0 aliphatic rings. The molecule has 1 aromatic rings. The van der Waals surface area contributed by atoms with Gasteiger partial charge in [0.15, 0.2) is 0 Å². The molecule has 3 nitrogen and oxygen atoms in total. The first-order chi connectivity index (χ1) is 10.1. The molecule has 0 aromatic carbocycles. The van der Waals surface area contributed by atoms with E-state index < -0.39 is 0 Å². The molecule has 1 aromatic heterocycles. The van der Waals surface area contributed by atoms with Gasteiger partial charge in [0.1, 0.15) is 0 Å². The van der Waals surface area contributed by atoms with Gasteiger partial charge in [0.2, 0.25) is 5.88 Å². The van der Waals surface area contributed by atoms with Gasteiger partial charge >= 0.3 is 0 Å². The number of aromatic nitrogens is 2. The van der Waals surface area contributed by atoms with Gasteiger partial charge in [0.05, 0.1) is 18.3 Å². The minimum absolute atomic E-state index is 0.0851. The molecule has 0 aliphatic carbocycles. The zero-order valence-corrected chi connectivity index (χ0v) is 14.7. The zero-order valence-electron chi connectivity index (χ0n) is 14.7. The maximum Gasteiger partial charge on any atom is 0.212 e. The molecule has 3 heteroatoms. The maximum atomic E-state index is 5.54. The number of unbranched alkanes of at least 4 members (excludes halogenated alkanes) is 5. The predicted molar refractivity (Wildman–Crippen MR) is 90.1 cm³/mol. The lowest BCUT2D eigenvalue weighted by Gasteiger charge is -2.31. The Labute approximate surface area is 131 Å². The number of aryl methyl sites for hydroxylation is 1. The van der Waals surface area contributed by atoms with Crippen molar-refractivity contribution in [2.24, 2.45) is 0 Å². The molecule has 0 N–H and O–H groups in total. The number of methoxy groups -OCH3 is 1. The molecule has 0 aliphatic heterocycles. The van der Waals surface area contributed by atoms with Gasteiger partial charge in [-0.05, 0) is 26.7 Å². The highest BCUT2D eigenvalue weighted by atomic mass is 16.5. The second-order valence-corrected chi connectivity index (χ2v) is 6.50. The Bertz CT molecular complexity index is 400. The van der Waals surface area contributed by atoms with Crippen LogP contribution in [0.2, 0.25) is 0 Å². The van der Waals surface area contributed by atoms with Crippen LogP contribution < -0.4 is 4.74 Å². The number of hydrogen-bond donors (Lipinski definition) is 0. The Morgan fingerprint density at radius 2 is 1.67 bits per heavy atom. The first kappa shape index (κ1) is 18.1. The molecule has 0 saturated heterocycles. The zero-order chi connectivity index (χ0) is 15.7. The van der Waals surface area contributed by atoms with Crippen LogP contribution in [0.1, 0.15) is 84.3 Å². The van der Waals surface area contributed by atoms with Crippen LogP contribution >= 0.6 is 0 Å². The van der Waals surface area contributed by atoms with E-state index in [1.165, 1.54) is 57.8 Å². The van der Waals surface area contributed by atoms with Crippen LogP contribution in [-0.2, 0) is 5.54 Å². The summed E-state index contributed by atoms with van der Waals surface area (Å²) < 4.78 is 7.67. The quantitative estimate of drug-likeness (QED) is 0.506. The maximum absolute atomic E-state index is 5.54. The Hall–Kier alpha value is -0.990. The van der Waals surface area contributed by atoms with E-state index in [9.17, 15) is 0 Å². The normalized spacial score (nSPS) is 14.1. The van der Waals surface area contributed by atoms with Crippen molar-refractivity contribution in [2.75, 3.05) is 7.11 Å². The van der Waals surface area contributed by atoms with E-state index in [1.54, 1.807) is 7.11 Å². The molecule has 21 heavy (non-hydrogen) atoms. The lowest BCUT2D eigenvalue weighted by molar-refractivity contribution is 0.200. The molecule has 122 valence electrons. The van der Waals surface area contributed by atoms with Crippen molar-refractivity contribution in [3.8, 4) is 5.88 Å². The van der Waals surface area contributed by atoms with Crippen molar-refractivity contribution in [3.05, 3.63) is 11.8 Å². The van der Waals surface area contributed by atoms with Crippen molar-refractivity contribution in [1.82, 2.24) is 9.78 Å². The molecular formula is C18H34N2O. The standard InChI is InChI=1S/C18H34N2O/c1-6-8-10-11-12-14-18(4,13-9-7-2)20-17(21-5)15-16(3)19-20/h15H,6-14H2,1-5H3. The van der Waals surface area contributed by atoms with Crippen molar-refractivity contribution in [1.29, 1.82) is 0 Å². The third-order valence-electron chi connectivity index (χ3n) is 4.41. The van der Waals surface area contributed by atoms with E-state index in [4.69, 9.17) is 9.84 Å². The van der Waals surface area contributed by atoms with E-state index >= 15 is 0 Å². The van der Waals surface area contributed by atoms with Crippen LogP contribution in [0, 0.1) is 6.92 Å². The largest absolute Gasteiger partial charge is 0.481 e. The van der Waals surface area contributed by atoms with Crippen LogP contribution in [-0.4, -0.2) is 16.9 Å². The van der Waals surface area contributed by atoms with Crippen molar-refractivity contribution < 1.29 is 4.74 Å². The van der Waals surface area contributed by atoms with E-state index in [2.05, 4.69) is 25.5 Å². The van der Waals surface area contributed by atoms with Gasteiger partial charge in [0.25, 0.3) is 0 Å². The number of rotatable bonds is 11. The summed E-state index contributed by atoms with van der Waals surface area (Å²) in [5.41, 5.74) is 1.13. The fourth-order valence-corrected chi connectivity index (χ4v) is 3.01. The van der Waals surface area contributed by atoms with E-state index in [0.29, 0.717) is 0 Å². The lowest BCUT2D eigenvalue weighted by Crippen LogP contribution is -2.31. The van der Waals surface area contributed by atoms with E-state index in [0.717, 1.165) is 11.6 Å². The monoisotopic (exact) mass is 294 g/mol. The Balaban J connectivity index is 2.76.